The maximum absolute atomic E-state index is 9.10. The predicted octanol–water partition coefficient (Wildman–Crippen LogP) is 3.60. The van der Waals surface area contributed by atoms with Crippen molar-refractivity contribution in [2.24, 2.45) is 5.92 Å². The van der Waals surface area contributed by atoms with E-state index < -0.39 is 0 Å². The van der Waals surface area contributed by atoms with Crippen LogP contribution in [0.15, 0.2) is 0 Å². The molecule has 0 aromatic carbocycles. The molecule has 1 fully saturated rings. The van der Waals surface area contributed by atoms with E-state index in [0.717, 1.165) is 18.8 Å². The molecule has 2 heteroatoms. The van der Waals surface area contributed by atoms with Gasteiger partial charge in [-0.05, 0) is 18.8 Å². The molecule has 13 heavy (non-hydrogen) atoms. The van der Waals surface area contributed by atoms with Crippen molar-refractivity contribution in [2.45, 2.75) is 56.5 Å². The quantitative estimate of drug-likeness (QED) is 0.687. The average Bonchev–Trinajstić information content (AvgIpc) is 1.99. The van der Waals surface area contributed by atoms with Gasteiger partial charge in [-0.1, -0.05) is 33.6 Å². The number of hydrogen-bond acceptors (Lipinski definition) is 2. The summed E-state index contributed by atoms with van der Waals surface area (Å²) in [5.74, 6) is 0.830. The lowest BCUT2D eigenvalue weighted by Gasteiger charge is -2.43. The van der Waals surface area contributed by atoms with Crippen molar-refractivity contribution in [2.75, 3.05) is 0 Å². The normalized spacial score (nSPS) is 32.7. The van der Waals surface area contributed by atoms with E-state index in [1.54, 1.807) is 0 Å². The molecule has 0 bridgehead atoms. The van der Waals surface area contributed by atoms with Crippen molar-refractivity contribution < 1.29 is 0 Å². The molecule has 0 aromatic rings. The standard InChI is InChI=1S/C11H19NS/c1-4-5-10-6-11(7-10,8-12)13-9(2)3/h9-10H,4-7H2,1-3H3. The largest absolute Gasteiger partial charge is 0.197 e. The van der Waals surface area contributed by atoms with E-state index in [-0.39, 0.29) is 4.75 Å². The maximum atomic E-state index is 9.10. The van der Waals surface area contributed by atoms with Gasteiger partial charge in [-0.25, -0.2) is 0 Å². The van der Waals surface area contributed by atoms with E-state index in [2.05, 4.69) is 26.8 Å². The van der Waals surface area contributed by atoms with Crippen LogP contribution in [0.2, 0.25) is 0 Å². The minimum absolute atomic E-state index is 0.0198. The third-order valence-electron chi connectivity index (χ3n) is 2.60. The molecule has 1 aliphatic carbocycles. The lowest BCUT2D eigenvalue weighted by molar-refractivity contribution is 0.258. The molecule has 0 radical (unpaired) electrons. The first kappa shape index (κ1) is 10.9. The molecule has 0 atom stereocenters. The van der Waals surface area contributed by atoms with Gasteiger partial charge in [-0.2, -0.15) is 5.26 Å². The van der Waals surface area contributed by atoms with Crippen LogP contribution in [0, 0.1) is 17.2 Å². The zero-order chi connectivity index (χ0) is 9.90. The van der Waals surface area contributed by atoms with Gasteiger partial charge >= 0.3 is 0 Å². The molecule has 1 saturated carbocycles. The van der Waals surface area contributed by atoms with Crippen LogP contribution < -0.4 is 0 Å². The monoisotopic (exact) mass is 197 g/mol. The third kappa shape index (κ3) is 2.64. The fourth-order valence-corrected chi connectivity index (χ4v) is 3.77. The van der Waals surface area contributed by atoms with E-state index in [1.807, 2.05) is 11.8 Å². The Morgan fingerprint density at radius 3 is 2.54 bits per heavy atom. The second-order valence-corrected chi connectivity index (χ2v) is 6.30. The highest BCUT2D eigenvalue weighted by atomic mass is 32.2. The molecule has 0 N–H and O–H groups in total. The molecule has 0 saturated heterocycles. The Kier molecular flexibility index (Phi) is 3.67. The minimum atomic E-state index is -0.0198. The first-order chi connectivity index (χ1) is 6.12. The van der Waals surface area contributed by atoms with Crippen LogP contribution in [0.3, 0.4) is 0 Å². The summed E-state index contributed by atoms with van der Waals surface area (Å²) < 4.78 is -0.0198. The maximum Gasteiger partial charge on any atom is 0.103 e. The van der Waals surface area contributed by atoms with Crippen LogP contribution >= 0.6 is 11.8 Å². The van der Waals surface area contributed by atoms with Crippen molar-refractivity contribution in [1.29, 1.82) is 5.26 Å². The van der Waals surface area contributed by atoms with Gasteiger partial charge in [0, 0.05) is 5.25 Å². The third-order valence-corrected chi connectivity index (χ3v) is 3.95. The van der Waals surface area contributed by atoms with E-state index in [0.29, 0.717) is 5.25 Å². The molecule has 0 aliphatic heterocycles. The van der Waals surface area contributed by atoms with E-state index in [1.165, 1.54) is 12.8 Å². The molecule has 1 nitrogen and oxygen atoms in total. The smallest absolute Gasteiger partial charge is 0.103 e. The molecule has 0 heterocycles. The summed E-state index contributed by atoms with van der Waals surface area (Å²) in [6, 6.07) is 2.50. The van der Waals surface area contributed by atoms with Crippen LogP contribution in [-0.2, 0) is 0 Å². The lowest BCUT2D eigenvalue weighted by atomic mass is 9.73. The lowest BCUT2D eigenvalue weighted by Crippen LogP contribution is -2.40. The van der Waals surface area contributed by atoms with Gasteiger partial charge < -0.3 is 0 Å². The zero-order valence-electron chi connectivity index (χ0n) is 8.84. The molecule has 74 valence electrons. The number of hydrogen-bond donors (Lipinski definition) is 0. The average molecular weight is 197 g/mol. The Labute approximate surface area is 85.9 Å². The van der Waals surface area contributed by atoms with Crippen LogP contribution in [0.4, 0.5) is 0 Å². The Hall–Kier alpha value is -0.160. The summed E-state index contributed by atoms with van der Waals surface area (Å²) >= 11 is 1.86. The van der Waals surface area contributed by atoms with Gasteiger partial charge in [0.25, 0.3) is 0 Å². The van der Waals surface area contributed by atoms with Crippen molar-refractivity contribution in [3.63, 3.8) is 0 Å². The SMILES string of the molecule is CCCC1CC(C#N)(SC(C)C)C1. The molecule has 0 aromatic heterocycles. The summed E-state index contributed by atoms with van der Waals surface area (Å²) in [6.07, 6.45) is 4.82. The van der Waals surface area contributed by atoms with Crippen molar-refractivity contribution in [3.05, 3.63) is 0 Å². The van der Waals surface area contributed by atoms with Crippen LogP contribution in [0.5, 0.6) is 0 Å². The van der Waals surface area contributed by atoms with E-state index in [9.17, 15) is 0 Å². The van der Waals surface area contributed by atoms with Gasteiger partial charge in [-0.15, -0.1) is 11.8 Å². The molecule has 1 aliphatic rings. The highest BCUT2D eigenvalue weighted by molar-refractivity contribution is 8.01. The molecule has 0 unspecified atom stereocenters. The summed E-state index contributed by atoms with van der Waals surface area (Å²) in [5.41, 5.74) is 0. The Bertz CT molecular complexity index is 199. The van der Waals surface area contributed by atoms with Gasteiger partial charge in [0.15, 0.2) is 0 Å². The number of rotatable bonds is 4. The summed E-state index contributed by atoms with van der Waals surface area (Å²) in [7, 11) is 0. The highest BCUT2D eigenvalue weighted by Gasteiger charge is 2.44. The molecular weight excluding hydrogens is 178 g/mol. The van der Waals surface area contributed by atoms with Crippen LogP contribution in [0.25, 0.3) is 0 Å². The van der Waals surface area contributed by atoms with Crippen molar-refractivity contribution in [1.82, 2.24) is 0 Å². The fraction of sp³-hybridized carbons (Fsp3) is 0.909. The van der Waals surface area contributed by atoms with E-state index in [4.69, 9.17) is 5.26 Å². The topological polar surface area (TPSA) is 23.8 Å². The minimum Gasteiger partial charge on any atom is -0.197 e. The molecule has 0 amide bonds. The fourth-order valence-electron chi connectivity index (χ4n) is 2.15. The second kappa shape index (κ2) is 4.37. The number of thioether (sulfide) groups is 1. The zero-order valence-corrected chi connectivity index (χ0v) is 9.66. The van der Waals surface area contributed by atoms with Gasteiger partial charge in [0.2, 0.25) is 0 Å². The van der Waals surface area contributed by atoms with Crippen LogP contribution in [-0.4, -0.2) is 10.00 Å². The summed E-state index contributed by atoms with van der Waals surface area (Å²) in [4.78, 5) is 0. The number of nitriles is 1. The van der Waals surface area contributed by atoms with Gasteiger partial charge in [-0.3, -0.25) is 0 Å². The van der Waals surface area contributed by atoms with Gasteiger partial charge in [0.05, 0.1) is 6.07 Å². The first-order valence-corrected chi connectivity index (χ1v) is 6.09. The summed E-state index contributed by atoms with van der Waals surface area (Å²) in [5, 5.41) is 9.69. The second-order valence-electron chi connectivity index (χ2n) is 4.34. The Morgan fingerprint density at radius 2 is 2.15 bits per heavy atom. The molecule has 1 rings (SSSR count). The Balaban J connectivity index is 2.37. The number of nitrogens with zero attached hydrogens (tertiary/aromatic N) is 1. The summed E-state index contributed by atoms with van der Waals surface area (Å²) in [6.45, 7) is 6.58. The molecule has 0 spiro atoms. The predicted molar refractivity (Wildman–Crippen MR) is 58.7 cm³/mol. The van der Waals surface area contributed by atoms with E-state index >= 15 is 0 Å². The van der Waals surface area contributed by atoms with Crippen molar-refractivity contribution in [3.8, 4) is 6.07 Å². The Morgan fingerprint density at radius 1 is 1.54 bits per heavy atom. The van der Waals surface area contributed by atoms with Crippen LogP contribution in [0.1, 0.15) is 46.5 Å². The van der Waals surface area contributed by atoms with Gasteiger partial charge in [0.1, 0.15) is 4.75 Å². The first-order valence-electron chi connectivity index (χ1n) is 5.21. The molecular formula is C11H19NS. The van der Waals surface area contributed by atoms with Crippen molar-refractivity contribution >= 4 is 11.8 Å². The highest BCUT2D eigenvalue weighted by Crippen LogP contribution is 2.50.